The van der Waals surface area contributed by atoms with Gasteiger partial charge in [-0.25, -0.2) is 0 Å². The third-order valence-corrected chi connectivity index (χ3v) is 4.32. The molecule has 4 heteroatoms. The van der Waals surface area contributed by atoms with Crippen LogP contribution in [0.4, 0.5) is 11.4 Å². The number of benzene rings is 1. The van der Waals surface area contributed by atoms with Crippen molar-refractivity contribution in [1.29, 1.82) is 0 Å². The number of para-hydroxylation sites is 1. The first-order valence-electron chi connectivity index (χ1n) is 8.00. The largest absolute Gasteiger partial charge is 0.491 e. The van der Waals surface area contributed by atoms with Gasteiger partial charge in [0.1, 0.15) is 5.75 Å². The summed E-state index contributed by atoms with van der Waals surface area (Å²) in [5.74, 6) is 1.35. The van der Waals surface area contributed by atoms with Crippen molar-refractivity contribution in [2.45, 2.75) is 51.5 Å². The number of nitrogen functional groups attached to an aromatic ring is 1. The van der Waals surface area contributed by atoms with Crippen molar-refractivity contribution in [3.8, 4) is 5.75 Å². The molecular weight excluding hydrogens is 264 g/mol. The standard InChI is InChI=1S/C17H28N2O2/c1-3-10-21-15-8-4-7-14(16(15)18)19-17(12-20)9-5-6-13(2)11-17/h4,7-8,13,19-20H,3,5-6,9-12,18H2,1-2H3. The molecule has 1 saturated carbocycles. The predicted octanol–water partition coefficient (Wildman–Crippen LogP) is 3.41. The van der Waals surface area contributed by atoms with Gasteiger partial charge < -0.3 is 20.9 Å². The van der Waals surface area contributed by atoms with Crippen LogP contribution in [0.5, 0.6) is 5.75 Å². The van der Waals surface area contributed by atoms with Crippen LogP contribution in [-0.2, 0) is 0 Å². The molecule has 2 atom stereocenters. The number of ether oxygens (including phenoxy) is 1. The Hall–Kier alpha value is -1.42. The zero-order valence-electron chi connectivity index (χ0n) is 13.2. The first kappa shape index (κ1) is 16.0. The Morgan fingerprint density at radius 3 is 2.95 bits per heavy atom. The highest BCUT2D eigenvalue weighted by Gasteiger charge is 2.34. The van der Waals surface area contributed by atoms with Crippen molar-refractivity contribution in [2.24, 2.45) is 5.92 Å². The molecule has 0 bridgehead atoms. The van der Waals surface area contributed by atoms with Gasteiger partial charge in [-0.1, -0.05) is 32.8 Å². The molecule has 21 heavy (non-hydrogen) atoms. The van der Waals surface area contributed by atoms with E-state index in [1.54, 1.807) is 0 Å². The van der Waals surface area contributed by atoms with E-state index in [4.69, 9.17) is 10.5 Å². The topological polar surface area (TPSA) is 67.5 Å². The quantitative estimate of drug-likeness (QED) is 0.703. The maximum atomic E-state index is 9.89. The lowest BCUT2D eigenvalue weighted by Crippen LogP contribution is -2.46. The Balaban J connectivity index is 2.17. The number of nitrogens with two attached hydrogens (primary N) is 1. The molecule has 0 saturated heterocycles. The van der Waals surface area contributed by atoms with Crippen molar-refractivity contribution in [3.05, 3.63) is 18.2 Å². The molecule has 1 aromatic carbocycles. The van der Waals surface area contributed by atoms with E-state index >= 15 is 0 Å². The average Bonchev–Trinajstić information content (AvgIpc) is 2.48. The summed E-state index contributed by atoms with van der Waals surface area (Å²) in [5, 5.41) is 13.4. The van der Waals surface area contributed by atoms with Crippen molar-refractivity contribution >= 4 is 11.4 Å². The number of hydrogen-bond acceptors (Lipinski definition) is 4. The zero-order chi connectivity index (χ0) is 15.3. The van der Waals surface area contributed by atoms with Crippen LogP contribution in [0, 0.1) is 5.92 Å². The highest BCUT2D eigenvalue weighted by molar-refractivity contribution is 5.73. The number of anilines is 2. The van der Waals surface area contributed by atoms with E-state index in [0.717, 1.165) is 37.1 Å². The molecule has 0 aliphatic heterocycles. The van der Waals surface area contributed by atoms with Crippen LogP contribution in [0.15, 0.2) is 18.2 Å². The van der Waals surface area contributed by atoms with Crippen molar-refractivity contribution in [2.75, 3.05) is 24.3 Å². The van der Waals surface area contributed by atoms with Gasteiger partial charge in [-0.3, -0.25) is 0 Å². The van der Waals surface area contributed by atoms with Crippen LogP contribution in [0.2, 0.25) is 0 Å². The number of nitrogens with one attached hydrogen (secondary N) is 1. The van der Waals surface area contributed by atoms with E-state index < -0.39 is 0 Å². The van der Waals surface area contributed by atoms with Crippen LogP contribution >= 0.6 is 0 Å². The molecule has 118 valence electrons. The molecule has 1 aromatic rings. The smallest absolute Gasteiger partial charge is 0.144 e. The zero-order valence-corrected chi connectivity index (χ0v) is 13.2. The van der Waals surface area contributed by atoms with Gasteiger partial charge in [-0.2, -0.15) is 0 Å². The first-order valence-corrected chi connectivity index (χ1v) is 8.00. The van der Waals surface area contributed by atoms with Crippen molar-refractivity contribution < 1.29 is 9.84 Å². The highest BCUT2D eigenvalue weighted by atomic mass is 16.5. The van der Waals surface area contributed by atoms with Gasteiger partial charge in [0.05, 0.1) is 30.1 Å². The van der Waals surface area contributed by atoms with Crippen LogP contribution in [-0.4, -0.2) is 23.9 Å². The molecule has 1 aliphatic carbocycles. The number of aliphatic hydroxyl groups is 1. The second-order valence-electron chi connectivity index (χ2n) is 6.33. The minimum absolute atomic E-state index is 0.136. The summed E-state index contributed by atoms with van der Waals surface area (Å²) in [4.78, 5) is 0. The summed E-state index contributed by atoms with van der Waals surface area (Å²) in [6.07, 6.45) is 5.28. The minimum atomic E-state index is -0.255. The lowest BCUT2D eigenvalue weighted by Gasteiger charge is -2.40. The third-order valence-electron chi connectivity index (χ3n) is 4.32. The van der Waals surface area contributed by atoms with E-state index in [-0.39, 0.29) is 12.1 Å². The normalized spacial score (nSPS) is 25.6. The number of rotatable bonds is 6. The van der Waals surface area contributed by atoms with Gasteiger partial charge in [-0.05, 0) is 37.3 Å². The second kappa shape index (κ2) is 7.03. The number of hydrogen-bond donors (Lipinski definition) is 3. The summed E-state index contributed by atoms with van der Waals surface area (Å²) >= 11 is 0. The van der Waals surface area contributed by atoms with Crippen molar-refractivity contribution in [3.63, 3.8) is 0 Å². The molecule has 2 unspecified atom stereocenters. The molecule has 2 rings (SSSR count). The predicted molar refractivity (Wildman–Crippen MR) is 87.7 cm³/mol. The molecule has 1 aliphatic rings. The molecule has 0 amide bonds. The fourth-order valence-electron chi connectivity index (χ4n) is 3.23. The van der Waals surface area contributed by atoms with Crippen molar-refractivity contribution in [1.82, 2.24) is 0 Å². The maximum absolute atomic E-state index is 9.89. The minimum Gasteiger partial charge on any atom is -0.491 e. The van der Waals surface area contributed by atoms with Gasteiger partial charge in [0.15, 0.2) is 0 Å². The third kappa shape index (κ3) is 3.82. The van der Waals surface area contributed by atoms with Gasteiger partial charge in [0.25, 0.3) is 0 Å². The van der Waals surface area contributed by atoms with E-state index in [2.05, 4.69) is 19.2 Å². The molecule has 4 nitrogen and oxygen atoms in total. The monoisotopic (exact) mass is 292 g/mol. The Morgan fingerprint density at radius 1 is 1.48 bits per heavy atom. The average molecular weight is 292 g/mol. The van der Waals surface area contributed by atoms with E-state index in [0.29, 0.717) is 18.2 Å². The first-order chi connectivity index (χ1) is 10.1. The Kier molecular flexibility index (Phi) is 5.34. The fraction of sp³-hybridized carbons (Fsp3) is 0.647. The number of aliphatic hydroxyl groups excluding tert-OH is 1. The molecule has 4 N–H and O–H groups in total. The Labute approximate surface area is 127 Å². The molecule has 0 spiro atoms. The lowest BCUT2D eigenvalue weighted by atomic mass is 9.76. The summed E-state index contributed by atoms with van der Waals surface area (Å²) in [5.41, 5.74) is 7.47. The molecule has 0 radical (unpaired) electrons. The lowest BCUT2D eigenvalue weighted by molar-refractivity contribution is 0.149. The summed E-state index contributed by atoms with van der Waals surface area (Å²) in [7, 11) is 0. The maximum Gasteiger partial charge on any atom is 0.144 e. The van der Waals surface area contributed by atoms with Gasteiger partial charge in [0.2, 0.25) is 0 Å². The van der Waals surface area contributed by atoms with Crippen LogP contribution < -0.4 is 15.8 Å². The van der Waals surface area contributed by atoms with E-state index in [1.165, 1.54) is 6.42 Å². The Morgan fingerprint density at radius 2 is 2.29 bits per heavy atom. The summed E-state index contributed by atoms with van der Waals surface area (Å²) in [6, 6.07) is 5.80. The molecular formula is C17H28N2O2. The van der Waals surface area contributed by atoms with Gasteiger partial charge in [-0.15, -0.1) is 0 Å². The van der Waals surface area contributed by atoms with Crippen LogP contribution in [0.25, 0.3) is 0 Å². The van der Waals surface area contributed by atoms with E-state index in [9.17, 15) is 5.11 Å². The van der Waals surface area contributed by atoms with Gasteiger partial charge >= 0.3 is 0 Å². The molecule has 0 heterocycles. The van der Waals surface area contributed by atoms with Crippen LogP contribution in [0.3, 0.4) is 0 Å². The molecule has 1 fully saturated rings. The fourth-order valence-corrected chi connectivity index (χ4v) is 3.23. The summed E-state index contributed by atoms with van der Waals surface area (Å²) in [6.45, 7) is 5.12. The van der Waals surface area contributed by atoms with Crippen LogP contribution in [0.1, 0.15) is 46.0 Å². The second-order valence-corrected chi connectivity index (χ2v) is 6.33. The van der Waals surface area contributed by atoms with Gasteiger partial charge in [0, 0.05) is 0 Å². The van der Waals surface area contributed by atoms with E-state index in [1.807, 2.05) is 18.2 Å². The SMILES string of the molecule is CCCOc1cccc(NC2(CO)CCCC(C)C2)c1N. The highest BCUT2D eigenvalue weighted by Crippen LogP contribution is 2.38. The summed E-state index contributed by atoms with van der Waals surface area (Å²) < 4.78 is 5.68. The Bertz CT molecular complexity index is 464. The molecule has 0 aromatic heterocycles.